The van der Waals surface area contributed by atoms with Gasteiger partial charge in [-0.3, -0.25) is 9.78 Å². The van der Waals surface area contributed by atoms with Crippen molar-refractivity contribution in [3.05, 3.63) is 52.9 Å². The molecule has 180 valence electrons. The second kappa shape index (κ2) is 7.84. The van der Waals surface area contributed by atoms with Crippen molar-refractivity contribution in [3.8, 4) is 11.5 Å². The highest BCUT2D eigenvalue weighted by atomic mass is 19.4. The Morgan fingerprint density at radius 2 is 1.91 bits per heavy atom. The summed E-state index contributed by atoms with van der Waals surface area (Å²) in [6.07, 6.45) is -5.48. The van der Waals surface area contributed by atoms with Gasteiger partial charge >= 0.3 is 12.5 Å². The molecule has 0 spiro atoms. The molecule has 0 aliphatic heterocycles. The predicted molar refractivity (Wildman–Crippen MR) is 103 cm³/mol. The molecular formula is C21H17F6N5O2. The third kappa shape index (κ3) is 4.14. The molecule has 13 heteroatoms. The van der Waals surface area contributed by atoms with Crippen molar-refractivity contribution in [2.75, 3.05) is 0 Å². The highest BCUT2D eigenvalue weighted by molar-refractivity contribution is 5.95. The summed E-state index contributed by atoms with van der Waals surface area (Å²) < 4.78 is 83.8. The summed E-state index contributed by atoms with van der Waals surface area (Å²) in [6, 6.07) is 2.76. The number of halogens is 6. The Labute approximate surface area is 188 Å². The molecule has 3 aromatic heterocycles. The number of alkyl halides is 6. The monoisotopic (exact) mass is 485 g/mol. The molecule has 34 heavy (non-hydrogen) atoms. The molecule has 0 radical (unpaired) electrons. The average Bonchev–Trinajstić information content (AvgIpc) is 3.33. The first-order valence-electron chi connectivity index (χ1n) is 10.5. The second-order valence-electron chi connectivity index (χ2n) is 8.27. The summed E-state index contributed by atoms with van der Waals surface area (Å²) >= 11 is 0. The van der Waals surface area contributed by atoms with Gasteiger partial charge in [-0.2, -0.15) is 23.0 Å². The van der Waals surface area contributed by atoms with E-state index in [0.29, 0.717) is 42.2 Å². The maximum atomic E-state index is 13.4. The van der Waals surface area contributed by atoms with E-state index in [-0.39, 0.29) is 12.1 Å². The number of aromatic nitrogens is 4. The van der Waals surface area contributed by atoms with Crippen LogP contribution in [0.3, 0.4) is 0 Å². The number of rotatable bonds is 4. The van der Waals surface area contributed by atoms with Crippen LogP contribution in [0.5, 0.6) is 0 Å². The van der Waals surface area contributed by atoms with Crippen LogP contribution in [0.4, 0.5) is 26.3 Å². The van der Waals surface area contributed by atoms with E-state index >= 15 is 0 Å². The number of nitrogens with one attached hydrogen (secondary N) is 1. The van der Waals surface area contributed by atoms with E-state index in [9.17, 15) is 31.1 Å². The first kappa shape index (κ1) is 22.4. The number of hydrogen-bond acceptors (Lipinski definition) is 5. The van der Waals surface area contributed by atoms with E-state index in [1.165, 1.54) is 0 Å². The van der Waals surface area contributed by atoms with Crippen molar-refractivity contribution in [2.45, 2.75) is 56.5 Å². The predicted octanol–water partition coefficient (Wildman–Crippen LogP) is 5.11. The number of carbonyl (C=O) groups excluding carboxylic acids is 1. The highest BCUT2D eigenvalue weighted by Gasteiger charge is 2.47. The lowest BCUT2D eigenvalue weighted by Gasteiger charge is -2.21. The molecule has 3 heterocycles. The minimum absolute atomic E-state index is 0.264. The van der Waals surface area contributed by atoms with Crippen LogP contribution >= 0.6 is 0 Å². The van der Waals surface area contributed by atoms with Gasteiger partial charge in [-0.15, -0.1) is 13.2 Å². The molecule has 1 atom stereocenters. The first-order valence-corrected chi connectivity index (χ1v) is 10.5. The number of carbonyl (C=O) groups is 1. The number of amides is 1. The van der Waals surface area contributed by atoms with Crippen LogP contribution in [0.25, 0.3) is 11.5 Å². The second-order valence-corrected chi connectivity index (χ2v) is 8.27. The molecule has 1 amide bonds. The molecular weight excluding hydrogens is 468 g/mol. The number of fused-ring (bicyclic) bond motifs is 1. The molecule has 0 saturated heterocycles. The number of oxazole rings is 1. The summed E-state index contributed by atoms with van der Waals surface area (Å²) in [4.78, 5) is 21.4. The fourth-order valence-corrected chi connectivity index (χ4v) is 4.08. The molecule has 7 nitrogen and oxygen atoms in total. The Balaban J connectivity index is 1.43. The largest absolute Gasteiger partial charge is 0.505 e. The SMILES string of the molecule is O=C(N[C@@H]1CCCc2oc(-c3ccnc(C4CC4)c3)nc21)c1cnn(C(F)(F)F)c1C(F)(F)F. The van der Waals surface area contributed by atoms with Gasteiger partial charge in [0.25, 0.3) is 5.91 Å². The summed E-state index contributed by atoms with van der Waals surface area (Å²) in [6.45, 7) is 0. The van der Waals surface area contributed by atoms with Crippen molar-refractivity contribution >= 4 is 5.91 Å². The van der Waals surface area contributed by atoms with Gasteiger partial charge in [0.15, 0.2) is 5.69 Å². The fourth-order valence-electron chi connectivity index (χ4n) is 4.08. The van der Waals surface area contributed by atoms with E-state index in [2.05, 4.69) is 20.4 Å². The Morgan fingerprint density at radius 1 is 1.15 bits per heavy atom. The molecule has 0 aromatic carbocycles. The van der Waals surface area contributed by atoms with Crippen molar-refractivity contribution in [3.63, 3.8) is 0 Å². The van der Waals surface area contributed by atoms with Gasteiger partial charge in [-0.1, -0.05) is 0 Å². The van der Waals surface area contributed by atoms with Crippen molar-refractivity contribution in [2.24, 2.45) is 0 Å². The average molecular weight is 485 g/mol. The molecule has 1 fully saturated rings. The minimum Gasteiger partial charge on any atom is -0.441 e. The van der Waals surface area contributed by atoms with Gasteiger partial charge in [0, 0.05) is 29.8 Å². The number of pyridine rings is 1. The van der Waals surface area contributed by atoms with Crippen LogP contribution in [0.15, 0.2) is 28.9 Å². The summed E-state index contributed by atoms with van der Waals surface area (Å²) in [7, 11) is 0. The van der Waals surface area contributed by atoms with E-state index in [4.69, 9.17) is 4.42 Å². The van der Waals surface area contributed by atoms with Crippen LogP contribution < -0.4 is 5.32 Å². The number of nitrogens with zero attached hydrogens (tertiary/aromatic N) is 4. The van der Waals surface area contributed by atoms with Crippen molar-refractivity contribution < 1.29 is 35.6 Å². The molecule has 3 aromatic rings. The summed E-state index contributed by atoms with van der Waals surface area (Å²) in [5, 5.41) is 5.13. The lowest BCUT2D eigenvalue weighted by Crippen LogP contribution is -2.33. The van der Waals surface area contributed by atoms with Gasteiger partial charge in [0.1, 0.15) is 11.5 Å². The van der Waals surface area contributed by atoms with Gasteiger partial charge in [-0.25, -0.2) is 4.98 Å². The van der Waals surface area contributed by atoms with E-state index < -0.39 is 40.4 Å². The molecule has 1 saturated carbocycles. The van der Waals surface area contributed by atoms with Crippen molar-refractivity contribution in [1.29, 1.82) is 0 Å². The van der Waals surface area contributed by atoms with Crippen molar-refractivity contribution in [1.82, 2.24) is 25.1 Å². The Bertz CT molecular complexity index is 1240. The maximum absolute atomic E-state index is 13.4. The standard InChI is InChI=1S/C21H17F6N5O2/c22-20(23,24)17-12(9-29-32(17)21(25,26)27)18(33)30-13-2-1-3-15-16(13)31-19(34-15)11-6-7-28-14(8-11)10-4-5-10/h6-10,13H,1-5H2,(H,30,33)/t13-/m1/s1. The lowest BCUT2D eigenvalue weighted by molar-refractivity contribution is -0.229. The van der Waals surface area contributed by atoms with Gasteiger partial charge in [0.2, 0.25) is 5.89 Å². The lowest BCUT2D eigenvalue weighted by atomic mass is 9.96. The minimum atomic E-state index is -5.45. The molecule has 1 N–H and O–H groups in total. The van der Waals surface area contributed by atoms with Crippen LogP contribution in [0.1, 0.15) is 70.8 Å². The summed E-state index contributed by atoms with van der Waals surface area (Å²) in [5.41, 5.74) is -1.46. The zero-order valence-electron chi connectivity index (χ0n) is 17.4. The quantitative estimate of drug-likeness (QED) is 0.519. The normalized spacial score (nSPS) is 18.6. The van der Waals surface area contributed by atoms with Gasteiger partial charge in [-0.05, 0) is 37.8 Å². The van der Waals surface area contributed by atoms with E-state index in [1.54, 1.807) is 12.3 Å². The van der Waals surface area contributed by atoms with E-state index in [0.717, 1.165) is 18.5 Å². The molecule has 2 aliphatic carbocycles. The molecule has 2 aliphatic rings. The number of hydrogen-bond donors (Lipinski definition) is 1. The molecule has 0 unspecified atom stereocenters. The van der Waals surface area contributed by atoms with Gasteiger partial charge < -0.3 is 9.73 Å². The molecule has 0 bridgehead atoms. The topological polar surface area (TPSA) is 85.8 Å². The zero-order valence-corrected chi connectivity index (χ0v) is 17.4. The third-order valence-corrected chi connectivity index (χ3v) is 5.81. The third-order valence-electron chi connectivity index (χ3n) is 5.81. The summed E-state index contributed by atoms with van der Waals surface area (Å²) in [5.74, 6) is -0.170. The molecule has 5 rings (SSSR count). The van der Waals surface area contributed by atoms with Crippen LogP contribution in [0.2, 0.25) is 0 Å². The smallest absolute Gasteiger partial charge is 0.441 e. The van der Waals surface area contributed by atoms with Crippen LogP contribution in [-0.2, 0) is 18.9 Å². The Kier molecular flexibility index (Phi) is 5.17. The van der Waals surface area contributed by atoms with Crippen LogP contribution in [-0.4, -0.2) is 25.7 Å². The zero-order chi connectivity index (χ0) is 24.3. The number of aryl methyl sites for hydroxylation is 1. The first-order chi connectivity index (χ1) is 16.0. The van der Waals surface area contributed by atoms with E-state index in [1.807, 2.05) is 6.07 Å². The Hall–Kier alpha value is -3.38. The fraction of sp³-hybridized carbons (Fsp3) is 0.429. The maximum Gasteiger partial charge on any atom is 0.505 e. The van der Waals surface area contributed by atoms with Gasteiger partial charge in [0.05, 0.1) is 17.8 Å². The van der Waals surface area contributed by atoms with Crippen LogP contribution in [0, 0.1) is 0 Å². The highest BCUT2D eigenvalue weighted by Crippen LogP contribution is 2.41. The Morgan fingerprint density at radius 3 is 2.59 bits per heavy atom.